The van der Waals surface area contributed by atoms with Crippen LogP contribution in [0.2, 0.25) is 0 Å². The number of carbonyl (C=O) groups excluding carboxylic acids is 1. The van der Waals surface area contributed by atoms with Gasteiger partial charge >= 0.3 is 0 Å². The fourth-order valence-electron chi connectivity index (χ4n) is 2.96. The summed E-state index contributed by atoms with van der Waals surface area (Å²) in [7, 11) is 1.08. The van der Waals surface area contributed by atoms with Crippen molar-refractivity contribution in [2.45, 2.75) is 30.2 Å². The number of likely N-dealkylation sites (tertiary alicyclic amines) is 1. The van der Waals surface area contributed by atoms with Gasteiger partial charge in [-0.15, -0.1) is 12.4 Å². The first-order valence-electron chi connectivity index (χ1n) is 8.58. The van der Waals surface area contributed by atoms with Crippen LogP contribution in [-0.2, 0) is 14.8 Å². The highest BCUT2D eigenvalue weighted by Crippen LogP contribution is 2.29. The molecule has 8 nitrogen and oxygen atoms in total. The van der Waals surface area contributed by atoms with Gasteiger partial charge in [0, 0.05) is 38.2 Å². The Morgan fingerprint density at radius 1 is 1.26 bits per heavy atom. The molecule has 0 aliphatic carbocycles. The number of amides is 1. The highest BCUT2D eigenvalue weighted by molar-refractivity contribution is 7.89. The predicted octanol–water partition coefficient (Wildman–Crippen LogP) is 1.00. The molecule has 1 aromatic rings. The van der Waals surface area contributed by atoms with E-state index in [1.165, 1.54) is 32.4 Å². The summed E-state index contributed by atoms with van der Waals surface area (Å²) in [6.45, 7) is 1.44. The average Bonchev–Trinajstić information content (AvgIpc) is 2.67. The summed E-state index contributed by atoms with van der Waals surface area (Å²) >= 11 is 0. The van der Waals surface area contributed by atoms with E-state index in [1.807, 2.05) is 7.05 Å². The molecule has 0 bridgehead atoms. The van der Waals surface area contributed by atoms with E-state index in [4.69, 9.17) is 9.47 Å². The van der Waals surface area contributed by atoms with Gasteiger partial charge < -0.3 is 19.7 Å². The van der Waals surface area contributed by atoms with Crippen LogP contribution in [0.15, 0.2) is 23.1 Å². The van der Waals surface area contributed by atoms with Crippen LogP contribution < -0.4 is 19.5 Å². The van der Waals surface area contributed by atoms with Crippen molar-refractivity contribution in [1.29, 1.82) is 0 Å². The SMILES string of the molecule is CNC1CCCN(C(=O)CCNS(=O)(=O)c2ccc(OC)c(OC)c2)C1.Cl. The second-order valence-corrected chi connectivity index (χ2v) is 7.90. The van der Waals surface area contributed by atoms with Crippen LogP contribution in [-0.4, -0.2) is 66.2 Å². The topological polar surface area (TPSA) is 97.0 Å². The van der Waals surface area contributed by atoms with Crippen LogP contribution >= 0.6 is 12.4 Å². The molecule has 1 heterocycles. The summed E-state index contributed by atoms with van der Waals surface area (Å²) in [6.07, 6.45) is 2.13. The van der Waals surface area contributed by atoms with Gasteiger partial charge in [-0.3, -0.25) is 4.79 Å². The number of hydrogen-bond acceptors (Lipinski definition) is 6. The number of benzene rings is 1. The number of nitrogens with zero attached hydrogens (tertiary/aromatic N) is 1. The molecule has 2 N–H and O–H groups in total. The van der Waals surface area contributed by atoms with E-state index in [0.717, 1.165) is 19.4 Å². The summed E-state index contributed by atoms with van der Waals surface area (Å²) in [5.41, 5.74) is 0. The number of nitrogens with one attached hydrogen (secondary N) is 2. The lowest BCUT2D eigenvalue weighted by molar-refractivity contribution is -0.132. The lowest BCUT2D eigenvalue weighted by Crippen LogP contribution is -2.47. The van der Waals surface area contributed by atoms with E-state index in [9.17, 15) is 13.2 Å². The number of rotatable bonds is 8. The van der Waals surface area contributed by atoms with Crippen molar-refractivity contribution in [3.05, 3.63) is 18.2 Å². The van der Waals surface area contributed by atoms with E-state index in [1.54, 1.807) is 4.90 Å². The van der Waals surface area contributed by atoms with Crippen molar-refractivity contribution < 1.29 is 22.7 Å². The zero-order valence-corrected chi connectivity index (χ0v) is 17.5. The maximum Gasteiger partial charge on any atom is 0.240 e. The maximum atomic E-state index is 12.4. The quantitative estimate of drug-likeness (QED) is 0.650. The summed E-state index contributed by atoms with van der Waals surface area (Å²) in [5.74, 6) is 0.739. The molecule has 0 aromatic heterocycles. The Kier molecular flexibility index (Phi) is 9.31. The number of halogens is 1. The Hall–Kier alpha value is -1.55. The Bertz CT molecular complexity index is 729. The van der Waals surface area contributed by atoms with Gasteiger partial charge in [-0.1, -0.05) is 0 Å². The van der Waals surface area contributed by atoms with Crippen molar-refractivity contribution in [3.63, 3.8) is 0 Å². The molecule has 1 aromatic carbocycles. The number of methoxy groups -OCH3 is 2. The first-order chi connectivity index (χ1) is 12.4. The minimum absolute atomic E-state index is 0. The molecule has 10 heteroatoms. The first-order valence-corrected chi connectivity index (χ1v) is 10.1. The van der Waals surface area contributed by atoms with E-state index < -0.39 is 10.0 Å². The molecule has 27 heavy (non-hydrogen) atoms. The summed E-state index contributed by atoms with van der Waals surface area (Å²) < 4.78 is 37.5. The minimum Gasteiger partial charge on any atom is -0.493 e. The lowest BCUT2D eigenvalue weighted by atomic mass is 10.1. The van der Waals surface area contributed by atoms with Crippen molar-refractivity contribution >= 4 is 28.3 Å². The molecule has 1 aliphatic heterocycles. The van der Waals surface area contributed by atoms with Crippen LogP contribution in [0.5, 0.6) is 11.5 Å². The lowest BCUT2D eigenvalue weighted by Gasteiger charge is -2.32. The molecular weight excluding hydrogens is 394 g/mol. The summed E-state index contributed by atoms with van der Waals surface area (Å²) in [4.78, 5) is 14.1. The molecule has 1 atom stereocenters. The van der Waals surface area contributed by atoms with Gasteiger partial charge in [0.05, 0.1) is 19.1 Å². The van der Waals surface area contributed by atoms with E-state index in [-0.39, 0.29) is 36.2 Å². The van der Waals surface area contributed by atoms with Crippen molar-refractivity contribution in [1.82, 2.24) is 14.9 Å². The van der Waals surface area contributed by atoms with E-state index in [2.05, 4.69) is 10.0 Å². The normalized spacial score (nSPS) is 17.1. The summed E-state index contributed by atoms with van der Waals surface area (Å²) in [6, 6.07) is 4.67. The average molecular weight is 422 g/mol. The van der Waals surface area contributed by atoms with Crippen LogP contribution in [0.25, 0.3) is 0 Å². The number of hydrogen-bond donors (Lipinski definition) is 2. The zero-order chi connectivity index (χ0) is 19.2. The van der Waals surface area contributed by atoms with Gasteiger partial charge in [-0.2, -0.15) is 0 Å². The van der Waals surface area contributed by atoms with Crippen LogP contribution in [0.4, 0.5) is 0 Å². The second kappa shape index (κ2) is 10.7. The molecule has 1 amide bonds. The zero-order valence-electron chi connectivity index (χ0n) is 15.9. The fourth-order valence-corrected chi connectivity index (χ4v) is 4.00. The smallest absolute Gasteiger partial charge is 0.240 e. The predicted molar refractivity (Wildman–Crippen MR) is 105 cm³/mol. The standard InChI is InChI=1S/C17H27N3O5S.ClH/c1-18-13-5-4-10-20(12-13)17(21)8-9-19-26(22,23)14-6-7-15(24-2)16(11-14)25-3;/h6-7,11,13,18-19H,4-5,8-10,12H2,1-3H3;1H. The van der Waals surface area contributed by atoms with Crippen molar-refractivity contribution in [2.24, 2.45) is 0 Å². The molecule has 0 saturated carbocycles. The first kappa shape index (κ1) is 23.5. The Labute approximate surface area is 167 Å². The largest absolute Gasteiger partial charge is 0.493 e. The third-order valence-corrected chi connectivity index (χ3v) is 5.94. The summed E-state index contributed by atoms with van der Waals surface area (Å²) in [5, 5.41) is 3.18. The van der Waals surface area contributed by atoms with Crippen LogP contribution in [0.3, 0.4) is 0 Å². The third-order valence-electron chi connectivity index (χ3n) is 4.48. The number of sulfonamides is 1. The van der Waals surface area contributed by atoms with Crippen molar-refractivity contribution in [3.8, 4) is 11.5 Å². The van der Waals surface area contributed by atoms with Crippen LogP contribution in [0, 0.1) is 0 Å². The van der Waals surface area contributed by atoms with Gasteiger partial charge in [0.1, 0.15) is 0 Å². The highest BCUT2D eigenvalue weighted by atomic mass is 35.5. The van der Waals surface area contributed by atoms with Gasteiger partial charge in [-0.25, -0.2) is 13.1 Å². The number of ether oxygens (including phenoxy) is 2. The molecule has 1 saturated heterocycles. The number of piperidine rings is 1. The molecular formula is C17H28ClN3O5S. The van der Waals surface area contributed by atoms with Gasteiger partial charge in [0.2, 0.25) is 15.9 Å². The van der Waals surface area contributed by atoms with Crippen LogP contribution in [0.1, 0.15) is 19.3 Å². The molecule has 0 radical (unpaired) electrons. The third kappa shape index (κ3) is 6.24. The monoisotopic (exact) mass is 421 g/mol. The number of carbonyl (C=O) groups is 1. The maximum absolute atomic E-state index is 12.4. The molecule has 154 valence electrons. The second-order valence-electron chi connectivity index (χ2n) is 6.13. The molecule has 0 spiro atoms. The number of likely N-dealkylation sites (N-methyl/N-ethyl adjacent to an activating group) is 1. The molecule has 2 rings (SSSR count). The molecule has 1 unspecified atom stereocenters. The molecule has 1 fully saturated rings. The van der Waals surface area contributed by atoms with E-state index in [0.29, 0.717) is 24.1 Å². The highest BCUT2D eigenvalue weighted by Gasteiger charge is 2.23. The van der Waals surface area contributed by atoms with Gasteiger partial charge in [0.15, 0.2) is 11.5 Å². The Morgan fingerprint density at radius 2 is 1.96 bits per heavy atom. The molecule has 1 aliphatic rings. The minimum atomic E-state index is -3.73. The Morgan fingerprint density at radius 3 is 2.59 bits per heavy atom. The van der Waals surface area contributed by atoms with Gasteiger partial charge in [0.25, 0.3) is 0 Å². The Balaban J connectivity index is 0.00000364. The van der Waals surface area contributed by atoms with E-state index >= 15 is 0 Å². The van der Waals surface area contributed by atoms with Crippen molar-refractivity contribution in [2.75, 3.05) is 40.9 Å². The van der Waals surface area contributed by atoms with Gasteiger partial charge in [-0.05, 0) is 32.0 Å². The fraction of sp³-hybridized carbons (Fsp3) is 0.588.